The zero-order valence-electron chi connectivity index (χ0n) is 10.2. The highest BCUT2D eigenvalue weighted by molar-refractivity contribution is 5.92. The van der Waals surface area contributed by atoms with E-state index in [0.29, 0.717) is 0 Å². The monoisotopic (exact) mass is 226 g/mol. The van der Waals surface area contributed by atoms with E-state index in [0.717, 1.165) is 33.0 Å². The van der Waals surface area contributed by atoms with Gasteiger partial charge in [0, 0.05) is 0 Å². The van der Waals surface area contributed by atoms with Crippen molar-refractivity contribution in [2.45, 2.75) is 13.8 Å². The van der Waals surface area contributed by atoms with Crippen LogP contribution in [0.5, 0.6) is 0 Å². The van der Waals surface area contributed by atoms with Crippen LogP contribution in [0.25, 0.3) is 16.3 Å². The van der Waals surface area contributed by atoms with Gasteiger partial charge in [-0.05, 0) is 53.5 Å². The van der Waals surface area contributed by atoms with E-state index in [1.54, 1.807) is 6.07 Å². The smallest absolute Gasteiger partial charge is 0.123 e. The number of hydrogen-bond donors (Lipinski definition) is 0. The topological polar surface area (TPSA) is 0 Å². The van der Waals surface area contributed by atoms with E-state index in [2.05, 4.69) is 13.2 Å². The molecule has 2 aromatic carbocycles. The first-order valence-corrected chi connectivity index (χ1v) is 5.54. The molecule has 0 atom stereocenters. The van der Waals surface area contributed by atoms with Gasteiger partial charge < -0.3 is 0 Å². The molecule has 0 aliphatic rings. The predicted molar refractivity (Wildman–Crippen MR) is 72.5 cm³/mol. The number of rotatable bonds is 2. The molecular formula is C16H15F. The highest BCUT2D eigenvalue weighted by Gasteiger charge is 2.07. The molecule has 0 heterocycles. The first kappa shape index (κ1) is 11.6. The van der Waals surface area contributed by atoms with Crippen LogP contribution in [0.4, 0.5) is 4.39 Å². The van der Waals surface area contributed by atoms with Crippen molar-refractivity contribution in [3.05, 3.63) is 66.0 Å². The van der Waals surface area contributed by atoms with Crippen molar-refractivity contribution >= 4 is 16.3 Å². The van der Waals surface area contributed by atoms with Crippen LogP contribution in [0.3, 0.4) is 0 Å². The van der Waals surface area contributed by atoms with Crippen LogP contribution < -0.4 is 0 Å². The van der Waals surface area contributed by atoms with Gasteiger partial charge in [-0.2, -0.15) is 0 Å². The Hall–Kier alpha value is -1.89. The average Bonchev–Trinajstić information content (AvgIpc) is 2.28. The summed E-state index contributed by atoms with van der Waals surface area (Å²) in [5.74, 6) is -0.205. The SMILES string of the molecule is C=C(C)C(=C)c1ccc2cc(F)ccc2c1C. The van der Waals surface area contributed by atoms with E-state index in [-0.39, 0.29) is 5.82 Å². The Morgan fingerprint density at radius 2 is 1.82 bits per heavy atom. The maximum absolute atomic E-state index is 13.1. The Labute approximate surface area is 101 Å². The number of hydrogen-bond acceptors (Lipinski definition) is 0. The van der Waals surface area contributed by atoms with E-state index in [4.69, 9.17) is 0 Å². The van der Waals surface area contributed by atoms with Gasteiger partial charge in [-0.1, -0.05) is 36.9 Å². The lowest BCUT2D eigenvalue weighted by molar-refractivity contribution is 0.629. The number of halogens is 1. The number of fused-ring (bicyclic) bond motifs is 1. The van der Waals surface area contributed by atoms with Crippen molar-refractivity contribution in [2.75, 3.05) is 0 Å². The van der Waals surface area contributed by atoms with E-state index in [9.17, 15) is 4.39 Å². The van der Waals surface area contributed by atoms with E-state index in [1.165, 1.54) is 6.07 Å². The van der Waals surface area contributed by atoms with Crippen molar-refractivity contribution in [3.63, 3.8) is 0 Å². The molecule has 0 unspecified atom stereocenters. The lowest BCUT2D eigenvalue weighted by Gasteiger charge is -2.12. The largest absolute Gasteiger partial charge is 0.207 e. The van der Waals surface area contributed by atoms with Crippen LogP contribution in [0.1, 0.15) is 18.1 Å². The summed E-state index contributed by atoms with van der Waals surface area (Å²) in [5, 5.41) is 1.98. The highest BCUT2D eigenvalue weighted by atomic mass is 19.1. The summed E-state index contributed by atoms with van der Waals surface area (Å²) in [5.41, 5.74) is 4.09. The summed E-state index contributed by atoms with van der Waals surface area (Å²) < 4.78 is 13.1. The minimum Gasteiger partial charge on any atom is -0.207 e. The van der Waals surface area contributed by atoms with Crippen molar-refractivity contribution < 1.29 is 4.39 Å². The molecule has 2 rings (SSSR count). The molecule has 0 aromatic heterocycles. The molecule has 0 fully saturated rings. The first-order chi connectivity index (χ1) is 8.00. The number of benzene rings is 2. The van der Waals surface area contributed by atoms with Gasteiger partial charge >= 0.3 is 0 Å². The van der Waals surface area contributed by atoms with E-state index >= 15 is 0 Å². The van der Waals surface area contributed by atoms with Crippen LogP contribution in [0.2, 0.25) is 0 Å². The van der Waals surface area contributed by atoms with Crippen molar-refractivity contribution in [1.82, 2.24) is 0 Å². The Kier molecular flexibility index (Phi) is 2.84. The molecule has 0 N–H and O–H groups in total. The third kappa shape index (κ3) is 2.01. The summed E-state index contributed by atoms with van der Waals surface area (Å²) in [7, 11) is 0. The molecule has 86 valence electrons. The molecular weight excluding hydrogens is 211 g/mol. The molecule has 1 heteroatoms. The standard InChI is InChI=1S/C16H15F/c1-10(2)11(3)15-7-5-13-9-14(17)6-8-16(13)12(15)4/h5-9H,1,3H2,2,4H3. The molecule has 17 heavy (non-hydrogen) atoms. The third-order valence-corrected chi connectivity index (χ3v) is 3.09. The Morgan fingerprint density at radius 1 is 1.12 bits per heavy atom. The molecule has 0 saturated heterocycles. The van der Waals surface area contributed by atoms with Gasteiger partial charge in [-0.15, -0.1) is 0 Å². The quantitative estimate of drug-likeness (QED) is 0.640. The zero-order valence-corrected chi connectivity index (χ0v) is 10.2. The fourth-order valence-electron chi connectivity index (χ4n) is 2.01. The zero-order chi connectivity index (χ0) is 12.6. The fraction of sp³-hybridized carbons (Fsp3) is 0.125. The van der Waals surface area contributed by atoms with Crippen LogP contribution in [0, 0.1) is 12.7 Å². The molecule has 0 bridgehead atoms. The summed E-state index contributed by atoms with van der Waals surface area (Å²) in [6.45, 7) is 11.9. The summed E-state index contributed by atoms with van der Waals surface area (Å²) in [6, 6.07) is 8.76. The van der Waals surface area contributed by atoms with E-state index < -0.39 is 0 Å². The summed E-state index contributed by atoms with van der Waals surface area (Å²) >= 11 is 0. The minimum atomic E-state index is -0.205. The molecule has 0 amide bonds. The second-order valence-electron chi connectivity index (χ2n) is 4.36. The normalized spacial score (nSPS) is 10.5. The number of aryl methyl sites for hydroxylation is 1. The summed E-state index contributed by atoms with van der Waals surface area (Å²) in [6.07, 6.45) is 0. The molecule has 0 spiro atoms. The fourth-order valence-corrected chi connectivity index (χ4v) is 2.01. The lowest BCUT2D eigenvalue weighted by Crippen LogP contribution is -1.90. The van der Waals surface area contributed by atoms with Gasteiger partial charge in [-0.3, -0.25) is 0 Å². The molecule has 0 saturated carbocycles. The maximum atomic E-state index is 13.1. The van der Waals surface area contributed by atoms with Crippen molar-refractivity contribution in [1.29, 1.82) is 0 Å². The molecule has 0 aliphatic heterocycles. The van der Waals surface area contributed by atoms with Gasteiger partial charge in [0.2, 0.25) is 0 Å². The Morgan fingerprint density at radius 3 is 2.47 bits per heavy atom. The van der Waals surface area contributed by atoms with Gasteiger partial charge in [0.25, 0.3) is 0 Å². The second kappa shape index (κ2) is 4.17. The first-order valence-electron chi connectivity index (χ1n) is 5.54. The number of allylic oxidation sites excluding steroid dienone is 2. The maximum Gasteiger partial charge on any atom is 0.123 e. The van der Waals surface area contributed by atoms with Crippen LogP contribution in [0.15, 0.2) is 49.1 Å². The predicted octanol–water partition coefficient (Wildman–Crippen LogP) is 4.88. The van der Waals surface area contributed by atoms with E-state index in [1.807, 2.05) is 32.0 Å². The third-order valence-electron chi connectivity index (χ3n) is 3.09. The van der Waals surface area contributed by atoms with Gasteiger partial charge in [-0.25, -0.2) is 4.39 Å². The minimum absolute atomic E-state index is 0.205. The molecule has 0 aliphatic carbocycles. The highest BCUT2D eigenvalue weighted by Crippen LogP contribution is 2.29. The molecule has 0 radical (unpaired) electrons. The Bertz CT molecular complexity index is 621. The van der Waals surface area contributed by atoms with Crippen LogP contribution >= 0.6 is 0 Å². The summed E-state index contributed by atoms with van der Waals surface area (Å²) in [4.78, 5) is 0. The average molecular weight is 226 g/mol. The van der Waals surface area contributed by atoms with Crippen molar-refractivity contribution in [2.24, 2.45) is 0 Å². The Balaban J connectivity index is 2.70. The van der Waals surface area contributed by atoms with Crippen LogP contribution in [-0.4, -0.2) is 0 Å². The van der Waals surface area contributed by atoms with Gasteiger partial charge in [0.05, 0.1) is 0 Å². The second-order valence-corrected chi connectivity index (χ2v) is 4.36. The van der Waals surface area contributed by atoms with Gasteiger partial charge in [0.1, 0.15) is 5.82 Å². The molecule has 0 nitrogen and oxygen atoms in total. The van der Waals surface area contributed by atoms with Crippen LogP contribution in [-0.2, 0) is 0 Å². The van der Waals surface area contributed by atoms with Crippen molar-refractivity contribution in [3.8, 4) is 0 Å². The molecule has 2 aromatic rings. The van der Waals surface area contributed by atoms with Gasteiger partial charge in [0.15, 0.2) is 0 Å². The lowest BCUT2D eigenvalue weighted by atomic mass is 9.93.